The van der Waals surface area contributed by atoms with Crippen molar-refractivity contribution in [1.29, 1.82) is 5.26 Å². The lowest BCUT2D eigenvalue weighted by Gasteiger charge is -2.23. The summed E-state index contributed by atoms with van der Waals surface area (Å²) in [4.78, 5) is 0. The van der Waals surface area contributed by atoms with E-state index in [0.717, 1.165) is 37.4 Å². The molecule has 0 amide bonds. The molecular formula is C15H19Cl3N2. The highest BCUT2D eigenvalue weighted by Crippen LogP contribution is 2.30. The van der Waals surface area contributed by atoms with E-state index in [4.69, 9.17) is 23.2 Å². The minimum atomic E-state index is -0.0790. The standard InChI is InChI=1S/C15H18Cl2N2.ClH/c16-14-4-3-12(9-15(14)17)13(10-18)2-1-11-5-7-19-8-6-11;/h3-4,9,11,13,19H,1-2,5-8H2;1H. The molecule has 110 valence electrons. The van der Waals surface area contributed by atoms with E-state index in [2.05, 4.69) is 11.4 Å². The lowest BCUT2D eigenvalue weighted by Crippen LogP contribution is -2.27. The molecule has 0 radical (unpaired) electrons. The average Bonchev–Trinajstić information content (AvgIpc) is 2.44. The Kier molecular flexibility index (Phi) is 7.69. The zero-order valence-corrected chi connectivity index (χ0v) is 13.6. The molecule has 1 N–H and O–H groups in total. The molecule has 1 unspecified atom stereocenters. The molecule has 1 atom stereocenters. The summed E-state index contributed by atoms with van der Waals surface area (Å²) in [6.07, 6.45) is 4.46. The monoisotopic (exact) mass is 332 g/mol. The van der Waals surface area contributed by atoms with Gasteiger partial charge in [0.1, 0.15) is 0 Å². The van der Waals surface area contributed by atoms with Gasteiger partial charge in [0, 0.05) is 0 Å². The molecule has 0 aliphatic carbocycles. The molecule has 0 spiro atoms. The van der Waals surface area contributed by atoms with Crippen molar-refractivity contribution in [3.63, 3.8) is 0 Å². The van der Waals surface area contributed by atoms with Crippen LogP contribution in [0.25, 0.3) is 0 Å². The zero-order chi connectivity index (χ0) is 13.7. The molecule has 1 aromatic carbocycles. The zero-order valence-electron chi connectivity index (χ0n) is 11.2. The summed E-state index contributed by atoms with van der Waals surface area (Å²) in [6, 6.07) is 7.89. The van der Waals surface area contributed by atoms with E-state index in [-0.39, 0.29) is 18.3 Å². The van der Waals surface area contributed by atoms with Crippen LogP contribution in [0.2, 0.25) is 10.0 Å². The molecule has 0 saturated carbocycles. The van der Waals surface area contributed by atoms with E-state index in [0.29, 0.717) is 10.0 Å². The van der Waals surface area contributed by atoms with Gasteiger partial charge in [0.15, 0.2) is 0 Å². The summed E-state index contributed by atoms with van der Waals surface area (Å²) >= 11 is 11.9. The third kappa shape index (κ3) is 4.82. The number of piperidine rings is 1. The Morgan fingerprint density at radius 3 is 2.55 bits per heavy atom. The van der Waals surface area contributed by atoms with Gasteiger partial charge in [-0.3, -0.25) is 0 Å². The second kappa shape index (κ2) is 8.74. The Bertz CT molecular complexity index is 465. The number of nitriles is 1. The topological polar surface area (TPSA) is 35.8 Å². The third-order valence-electron chi connectivity index (χ3n) is 3.82. The quantitative estimate of drug-likeness (QED) is 0.859. The van der Waals surface area contributed by atoms with Gasteiger partial charge < -0.3 is 5.32 Å². The Morgan fingerprint density at radius 1 is 1.25 bits per heavy atom. The first-order chi connectivity index (χ1) is 9.20. The molecule has 1 aromatic rings. The number of nitrogens with one attached hydrogen (secondary N) is 1. The van der Waals surface area contributed by atoms with Crippen LogP contribution >= 0.6 is 35.6 Å². The number of hydrogen-bond donors (Lipinski definition) is 1. The van der Waals surface area contributed by atoms with Crippen molar-refractivity contribution in [3.05, 3.63) is 33.8 Å². The van der Waals surface area contributed by atoms with Gasteiger partial charge in [-0.15, -0.1) is 12.4 Å². The maximum absolute atomic E-state index is 9.33. The first-order valence-electron chi connectivity index (χ1n) is 6.76. The number of rotatable bonds is 4. The molecule has 20 heavy (non-hydrogen) atoms. The Balaban J connectivity index is 0.00000200. The highest BCUT2D eigenvalue weighted by Gasteiger charge is 2.17. The van der Waals surface area contributed by atoms with Crippen LogP contribution in [0, 0.1) is 17.2 Å². The van der Waals surface area contributed by atoms with Crippen LogP contribution in [-0.4, -0.2) is 13.1 Å². The van der Waals surface area contributed by atoms with Crippen molar-refractivity contribution in [1.82, 2.24) is 5.32 Å². The Hall–Kier alpha value is -0.460. The van der Waals surface area contributed by atoms with Gasteiger partial charge in [0.05, 0.1) is 22.0 Å². The first-order valence-corrected chi connectivity index (χ1v) is 7.51. The number of hydrogen-bond acceptors (Lipinski definition) is 2. The predicted octanol–water partition coefficient (Wildman–Crippen LogP) is 4.80. The van der Waals surface area contributed by atoms with Crippen LogP contribution < -0.4 is 5.32 Å². The summed E-state index contributed by atoms with van der Waals surface area (Å²) in [7, 11) is 0. The second-order valence-electron chi connectivity index (χ2n) is 5.13. The summed E-state index contributed by atoms with van der Waals surface area (Å²) in [6.45, 7) is 2.21. The maximum atomic E-state index is 9.33. The Morgan fingerprint density at radius 2 is 1.95 bits per heavy atom. The van der Waals surface area contributed by atoms with E-state index in [1.807, 2.05) is 12.1 Å². The molecule has 5 heteroatoms. The largest absolute Gasteiger partial charge is 0.317 e. The highest BCUT2D eigenvalue weighted by atomic mass is 35.5. The summed E-state index contributed by atoms with van der Waals surface area (Å²) in [5.74, 6) is 0.671. The molecular weight excluding hydrogens is 315 g/mol. The van der Waals surface area contributed by atoms with Gasteiger partial charge in [0.25, 0.3) is 0 Å². The van der Waals surface area contributed by atoms with E-state index in [9.17, 15) is 5.26 Å². The van der Waals surface area contributed by atoms with Crippen molar-refractivity contribution < 1.29 is 0 Å². The predicted molar refractivity (Wildman–Crippen MR) is 86.9 cm³/mol. The average molecular weight is 334 g/mol. The van der Waals surface area contributed by atoms with Gasteiger partial charge >= 0.3 is 0 Å². The number of benzene rings is 1. The van der Waals surface area contributed by atoms with E-state index in [1.54, 1.807) is 6.07 Å². The molecule has 2 rings (SSSR count). The fourth-order valence-electron chi connectivity index (χ4n) is 2.61. The van der Waals surface area contributed by atoms with Gasteiger partial charge in [-0.25, -0.2) is 0 Å². The molecule has 1 fully saturated rings. The fourth-order valence-corrected chi connectivity index (χ4v) is 2.91. The molecule has 1 saturated heterocycles. The first kappa shape index (κ1) is 17.6. The smallest absolute Gasteiger partial charge is 0.0713 e. The second-order valence-corrected chi connectivity index (χ2v) is 5.94. The Labute approximate surface area is 136 Å². The minimum Gasteiger partial charge on any atom is -0.317 e. The molecule has 1 heterocycles. The SMILES string of the molecule is Cl.N#CC(CCC1CCNCC1)c1ccc(Cl)c(Cl)c1. The van der Waals surface area contributed by atoms with Crippen LogP contribution in [0.4, 0.5) is 0 Å². The van der Waals surface area contributed by atoms with Gasteiger partial charge in [-0.2, -0.15) is 5.26 Å². The molecule has 1 aliphatic heterocycles. The van der Waals surface area contributed by atoms with Crippen molar-refractivity contribution in [2.75, 3.05) is 13.1 Å². The van der Waals surface area contributed by atoms with Crippen LogP contribution in [0.1, 0.15) is 37.2 Å². The molecule has 1 aliphatic rings. The highest BCUT2D eigenvalue weighted by molar-refractivity contribution is 6.42. The summed E-state index contributed by atoms with van der Waals surface area (Å²) < 4.78 is 0. The lowest BCUT2D eigenvalue weighted by atomic mass is 9.87. The fraction of sp³-hybridized carbons (Fsp3) is 0.533. The molecule has 0 bridgehead atoms. The van der Waals surface area contributed by atoms with E-state index < -0.39 is 0 Å². The van der Waals surface area contributed by atoms with Crippen molar-refractivity contribution in [2.24, 2.45) is 5.92 Å². The van der Waals surface area contributed by atoms with Crippen LogP contribution in [0.3, 0.4) is 0 Å². The van der Waals surface area contributed by atoms with Crippen molar-refractivity contribution in [2.45, 2.75) is 31.6 Å². The normalized spacial score (nSPS) is 17.1. The van der Waals surface area contributed by atoms with Gasteiger partial charge in [0.2, 0.25) is 0 Å². The molecule has 2 nitrogen and oxygen atoms in total. The van der Waals surface area contributed by atoms with Crippen LogP contribution in [0.5, 0.6) is 0 Å². The summed E-state index contributed by atoms with van der Waals surface area (Å²) in [5.41, 5.74) is 0.978. The van der Waals surface area contributed by atoms with Gasteiger partial charge in [-0.1, -0.05) is 29.3 Å². The minimum absolute atomic E-state index is 0. The number of nitrogens with zero attached hydrogens (tertiary/aromatic N) is 1. The molecule has 0 aromatic heterocycles. The van der Waals surface area contributed by atoms with Crippen LogP contribution in [-0.2, 0) is 0 Å². The van der Waals surface area contributed by atoms with Crippen LogP contribution in [0.15, 0.2) is 18.2 Å². The van der Waals surface area contributed by atoms with Crippen molar-refractivity contribution in [3.8, 4) is 6.07 Å². The lowest BCUT2D eigenvalue weighted by molar-refractivity contribution is 0.343. The van der Waals surface area contributed by atoms with Crippen molar-refractivity contribution >= 4 is 35.6 Å². The number of halogens is 3. The van der Waals surface area contributed by atoms with E-state index in [1.165, 1.54) is 12.8 Å². The van der Waals surface area contributed by atoms with E-state index >= 15 is 0 Å². The summed E-state index contributed by atoms with van der Waals surface area (Å²) in [5, 5.41) is 13.8. The maximum Gasteiger partial charge on any atom is 0.0713 e. The van der Waals surface area contributed by atoms with Gasteiger partial charge in [-0.05, 0) is 62.4 Å². The third-order valence-corrected chi connectivity index (χ3v) is 4.56.